The predicted octanol–water partition coefficient (Wildman–Crippen LogP) is 2.74. The number of halogens is 1. The van der Waals surface area contributed by atoms with Crippen molar-refractivity contribution < 1.29 is 9.53 Å². The largest absolute Gasteiger partial charge is 0.495 e. The second-order valence-corrected chi connectivity index (χ2v) is 4.25. The average molecular weight is 293 g/mol. The Bertz CT molecular complexity index is 634. The first-order chi connectivity index (χ1) is 9.67. The number of aldehydes is 1. The van der Waals surface area contributed by atoms with E-state index in [4.69, 9.17) is 16.3 Å². The maximum absolute atomic E-state index is 10.7. The summed E-state index contributed by atoms with van der Waals surface area (Å²) in [5, 5.41) is 6.31. The number of anilines is 3. The quantitative estimate of drug-likeness (QED) is 0.825. The summed E-state index contributed by atoms with van der Waals surface area (Å²) in [5.41, 5.74) is 1.18. The molecule has 0 amide bonds. The smallest absolute Gasteiger partial charge is 0.229 e. The second-order valence-electron chi connectivity index (χ2n) is 3.84. The molecule has 0 unspecified atom stereocenters. The number of carbonyl (C=O) groups excluding carboxylic acids is 1. The number of ether oxygens (including phenoxy) is 1. The van der Waals surface area contributed by atoms with E-state index in [9.17, 15) is 4.79 Å². The van der Waals surface area contributed by atoms with Gasteiger partial charge in [-0.1, -0.05) is 11.6 Å². The minimum absolute atomic E-state index is 0.371. The van der Waals surface area contributed by atoms with E-state index >= 15 is 0 Å². The normalized spacial score (nSPS) is 9.95. The molecule has 1 aromatic heterocycles. The molecule has 2 rings (SSSR count). The molecule has 7 heteroatoms. The van der Waals surface area contributed by atoms with Gasteiger partial charge in [0.1, 0.15) is 22.9 Å². The van der Waals surface area contributed by atoms with Gasteiger partial charge in [0, 0.05) is 12.6 Å². The maximum atomic E-state index is 10.7. The number of hydrogen-bond donors (Lipinski definition) is 2. The minimum Gasteiger partial charge on any atom is -0.495 e. The first-order valence-corrected chi connectivity index (χ1v) is 6.16. The van der Waals surface area contributed by atoms with Crippen molar-refractivity contribution in [3.05, 3.63) is 35.0 Å². The van der Waals surface area contributed by atoms with Crippen LogP contribution in [0.3, 0.4) is 0 Å². The number of carbonyl (C=O) groups is 1. The highest BCUT2D eigenvalue weighted by molar-refractivity contribution is 6.32. The molecule has 2 N–H and O–H groups in total. The zero-order valence-electron chi connectivity index (χ0n) is 11.0. The van der Waals surface area contributed by atoms with Gasteiger partial charge in [0.05, 0.1) is 19.0 Å². The monoisotopic (exact) mass is 292 g/mol. The number of hydrogen-bond acceptors (Lipinski definition) is 6. The van der Waals surface area contributed by atoms with Crippen molar-refractivity contribution in [2.24, 2.45) is 0 Å². The fourth-order valence-electron chi connectivity index (χ4n) is 1.61. The van der Waals surface area contributed by atoms with E-state index in [0.717, 1.165) is 6.29 Å². The molecule has 6 nitrogen and oxygen atoms in total. The lowest BCUT2D eigenvalue weighted by atomic mass is 10.2. The van der Waals surface area contributed by atoms with Crippen LogP contribution in [0.1, 0.15) is 10.4 Å². The van der Waals surface area contributed by atoms with Crippen molar-refractivity contribution in [2.75, 3.05) is 24.8 Å². The SMILES string of the molecule is CNc1nc(Nc2ccc(C=O)cc2OC)ncc1Cl. The van der Waals surface area contributed by atoms with Gasteiger partial charge in [0.25, 0.3) is 0 Å². The van der Waals surface area contributed by atoms with Crippen LogP contribution in [-0.4, -0.2) is 30.4 Å². The van der Waals surface area contributed by atoms with E-state index in [1.807, 2.05) is 0 Å². The Morgan fingerprint density at radius 3 is 2.85 bits per heavy atom. The van der Waals surface area contributed by atoms with Crippen LogP contribution in [0.2, 0.25) is 5.02 Å². The Balaban J connectivity index is 2.32. The van der Waals surface area contributed by atoms with E-state index < -0.39 is 0 Å². The highest BCUT2D eigenvalue weighted by atomic mass is 35.5. The van der Waals surface area contributed by atoms with Crippen LogP contribution >= 0.6 is 11.6 Å². The van der Waals surface area contributed by atoms with E-state index in [-0.39, 0.29) is 0 Å². The van der Waals surface area contributed by atoms with Crippen molar-refractivity contribution >= 4 is 35.3 Å². The van der Waals surface area contributed by atoms with Crippen LogP contribution in [0, 0.1) is 0 Å². The Kier molecular flexibility index (Phi) is 4.37. The van der Waals surface area contributed by atoms with Crippen LogP contribution in [0.5, 0.6) is 5.75 Å². The third-order valence-electron chi connectivity index (χ3n) is 2.59. The van der Waals surface area contributed by atoms with E-state index in [2.05, 4.69) is 20.6 Å². The van der Waals surface area contributed by atoms with E-state index in [1.54, 1.807) is 25.2 Å². The van der Waals surface area contributed by atoms with Gasteiger partial charge in [-0.25, -0.2) is 4.98 Å². The summed E-state index contributed by atoms with van der Waals surface area (Å²) >= 11 is 5.92. The van der Waals surface area contributed by atoms with Gasteiger partial charge in [0.15, 0.2) is 0 Å². The molecule has 1 aromatic carbocycles. The fraction of sp³-hybridized carbons (Fsp3) is 0.154. The van der Waals surface area contributed by atoms with Crippen molar-refractivity contribution in [1.29, 1.82) is 0 Å². The molecule has 104 valence electrons. The van der Waals surface area contributed by atoms with Gasteiger partial charge < -0.3 is 15.4 Å². The molecule has 20 heavy (non-hydrogen) atoms. The lowest BCUT2D eigenvalue weighted by Gasteiger charge is -2.11. The third kappa shape index (κ3) is 2.97. The average Bonchev–Trinajstić information content (AvgIpc) is 2.49. The first kappa shape index (κ1) is 14.1. The minimum atomic E-state index is 0.371. The van der Waals surface area contributed by atoms with Gasteiger partial charge in [-0.2, -0.15) is 4.98 Å². The molecule has 0 atom stereocenters. The Labute approximate surface area is 121 Å². The molecule has 1 heterocycles. The summed E-state index contributed by atoms with van der Waals surface area (Å²) in [6.07, 6.45) is 2.25. The summed E-state index contributed by atoms with van der Waals surface area (Å²) in [7, 11) is 3.24. The summed E-state index contributed by atoms with van der Waals surface area (Å²) in [6, 6.07) is 5.02. The molecular formula is C13H13ClN4O2. The van der Waals surface area contributed by atoms with Crippen molar-refractivity contribution in [3.63, 3.8) is 0 Å². The summed E-state index contributed by atoms with van der Waals surface area (Å²) < 4.78 is 5.22. The van der Waals surface area contributed by atoms with Gasteiger partial charge in [-0.15, -0.1) is 0 Å². The molecule has 0 saturated carbocycles. The van der Waals surface area contributed by atoms with Crippen LogP contribution in [0.25, 0.3) is 0 Å². The van der Waals surface area contributed by atoms with Gasteiger partial charge in [-0.05, 0) is 18.2 Å². The van der Waals surface area contributed by atoms with E-state index in [0.29, 0.717) is 33.8 Å². The molecule has 0 bridgehead atoms. The summed E-state index contributed by atoms with van der Waals surface area (Å²) in [5.74, 6) is 1.42. The molecule has 0 radical (unpaired) electrons. The summed E-state index contributed by atoms with van der Waals surface area (Å²) in [6.45, 7) is 0. The molecule has 0 fully saturated rings. The van der Waals surface area contributed by atoms with Gasteiger partial charge in [0.2, 0.25) is 5.95 Å². The van der Waals surface area contributed by atoms with E-state index in [1.165, 1.54) is 13.3 Å². The predicted molar refractivity (Wildman–Crippen MR) is 78.3 cm³/mol. The molecule has 0 saturated heterocycles. The molecule has 0 aliphatic rings. The number of methoxy groups -OCH3 is 1. The van der Waals surface area contributed by atoms with Crippen LogP contribution < -0.4 is 15.4 Å². The number of nitrogens with one attached hydrogen (secondary N) is 2. The van der Waals surface area contributed by atoms with Crippen molar-refractivity contribution in [3.8, 4) is 5.75 Å². The van der Waals surface area contributed by atoms with Crippen LogP contribution in [0.4, 0.5) is 17.5 Å². The highest BCUT2D eigenvalue weighted by Gasteiger charge is 2.08. The van der Waals surface area contributed by atoms with Crippen LogP contribution in [-0.2, 0) is 0 Å². The standard InChI is InChI=1S/C13H13ClN4O2/c1-15-12-9(14)6-16-13(18-12)17-10-4-3-8(7-19)5-11(10)20-2/h3-7H,1-2H3,(H2,15,16,17,18). The van der Waals surface area contributed by atoms with Gasteiger partial charge >= 0.3 is 0 Å². The fourth-order valence-corrected chi connectivity index (χ4v) is 1.79. The number of benzene rings is 1. The van der Waals surface area contributed by atoms with Crippen molar-refractivity contribution in [1.82, 2.24) is 9.97 Å². The molecule has 2 aromatic rings. The highest BCUT2D eigenvalue weighted by Crippen LogP contribution is 2.28. The molecule has 0 aliphatic carbocycles. The van der Waals surface area contributed by atoms with Crippen molar-refractivity contribution in [2.45, 2.75) is 0 Å². The second kappa shape index (κ2) is 6.21. The number of aromatic nitrogens is 2. The molecule has 0 spiro atoms. The third-order valence-corrected chi connectivity index (χ3v) is 2.87. The maximum Gasteiger partial charge on any atom is 0.229 e. The van der Waals surface area contributed by atoms with Crippen LogP contribution in [0.15, 0.2) is 24.4 Å². The Hall–Kier alpha value is -2.34. The lowest BCUT2D eigenvalue weighted by Crippen LogP contribution is -2.02. The zero-order chi connectivity index (χ0) is 14.5. The molecular weight excluding hydrogens is 280 g/mol. The zero-order valence-corrected chi connectivity index (χ0v) is 11.7. The molecule has 0 aliphatic heterocycles. The summed E-state index contributed by atoms with van der Waals surface area (Å²) in [4.78, 5) is 19.0. The number of rotatable bonds is 5. The first-order valence-electron chi connectivity index (χ1n) is 5.78. The topological polar surface area (TPSA) is 76.1 Å². The lowest BCUT2D eigenvalue weighted by molar-refractivity contribution is 0.112. The Morgan fingerprint density at radius 2 is 2.20 bits per heavy atom. The Morgan fingerprint density at radius 1 is 1.40 bits per heavy atom. The van der Waals surface area contributed by atoms with Gasteiger partial charge in [-0.3, -0.25) is 4.79 Å². The number of nitrogens with zero attached hydrogens (tertiary/aromatic N) is 2.